The quantitative estimate of drug-likeness (QED) is 0.314. The van der Waals surface area contributed by atoms with Crippen molar-refractivity contribution in [3.05, 3.63) is 11.6 Å². The fourth-order valence-electron chi connectivity index (χ4n) is 11.2. The second-order valence-corrected chi connectivity index (χ2v) is 15.3. The third-order valence-corrected chi connectivity index (χ3v) is 13.2. The Morgan fingerprint density at radius 3 is 2.29 bits per heavy atom. The van der Waals surface area contributed by atoms with Crippen LogP contribution in [-0.4, -0.2) is 34.9 Å². The van der Waals surface area contributed by atoms with Gasteiger partial charge < -0.3 is 14.6 Å². The highest BCUT2D eigenvalue weighted by molar-refractivity contribution is 5.82. The van der Waals surface area contributed by atoms with Crippen LogP contribution >= 0.6 is 0 Å². The van der Waals surface area contributed by atoms with Crippen molar-refractivity contribution in [3.63, 3.8) is 0 Å². The molecule has 5 fully saturated rings. The number of fused-ring (bicyclic) bond motifs is 5. The van der Waals surface area contributed by atoms with Gasteiger partial charge in [-0.1, -0.05) is 47.1 Å². The molecule has 1 saturated heterocycles. The van der Waals surface area contributed by atoms with E-state index in [9.17, 15) is 14.7 Å². The Labute approximate surface area is 230 Å². The van der Waals surface area contributed by atoms with Crippen molar-refractivity contribution in [2.45, 2.75) is 137 Å². The van der Waals surface area contributed by atoms with E-state index in [1.165, 1.54) is 6.42 Å². The van der Waals surface area contributed by atoms with Crippen molar-refractivity contribution < 1.29 is 24.2 Å². The van der Waals surface area contributed by atoms with E-state index < -0.39 is 11.6 Å². The van der Waals surface area contributed by atoms with Crippen molar-refractivity contribution in [2.75, 3.05) is 0 Å². The van der Waals surface area contributed by atoms with Crippen LogP contribution in [0.1, 0.15) is 120 Å². The zero-order valence-corrected chi connectivity index (χ0v) is 25.2. The molecule has 10 atom stereocenters. The number of allylic oxidation sites excluding steroid dienone is 1. The molecule has 4 saturated carbocycles. The van der Waals surface area contributed by atoms with Crippen LogP contribution in [0.4, 0.5) is 0 Å². The molecule has 0 bridgehead atoms. The molecule has 0 aromatic rings. The Morgan fingerprint density at radius 2 is 1.63 bits per heavy atom. The average molecular weight is 529 g/mol. The Balaban J connectivity index is 1.42. The maximum absolute atomic E-state index is 13.1. The van der Waals surface area contributed by atoms with Gasteiger partial charge in [-0.05, 0) is 105 Å². The number of rotatable bonds is 4. The molecule has 5 rings (SSSR count). The van der Waals surface area contributed by atoms with Crippen LogP contribution in [0.5, 0.6) is 0 Å². The fraction of sp³-hybridized carbons (Fsp3) is 0.879. The fourth-order valence-corrected chi connectivity index (χ4v) is 11.2. The van der Waals surface area contributed by atoms with Crippen molar-refractivity contribution in [3.8, 4) is 0 Å². The topological polar surface area (TPSA) is 72.8 Å². The van der Waals surface area contributed by atoms with Crippen LogP contribution in [0.3, 0.4) is 0 Å². The van der Waals surface area contributed by atoms with Crippen LogP contribution in [0, 0.1) is 45.3 Å². The maximum atomic E-state index is 13.1. The largest absolute Gasteiger partial charge is 0.462 e. The van der Waals surface area contributed by atoms with Gasteiger partial charge in [-0.3, -0.25) is 4.79 Å². The van der Waals surface area contributed by atoms with Crippen LogP contribution in [0.2, 0.25) is 0 Å². The number of cyclic esters (lactones) is 1. The first-order chi connectivity index (χ1) is 17.6. The van der Waals surface area contributed by atoms with Crippen molar-refractivity contribution >= 4 is 11.9 Å². The summed E-state index contributed by atoms with van der Waals surface area (Å²) in [6.45, 7) is 18.2. The zero-order valence-electron chi connectivity index (χ0n) is 25.2. The van der Waals surface area contributed by atoms with E-state index in [0.717, 1.165) is 50.5 Å². The smallest absolute Gasteiger partial charge is 0.339 e. The summed E-state index contributed by atoms with van der Waals surface area (Å²) in [6, 6.07) is 0. The van der Waals surface area contributed by atoms with E-state index in [-0.39, 0.29) is 45.8 Å². The lowest BCUT2D eigenvalue weighted by Gasteiger charge is -2.70. The van der Waals surface area contributed by atoms with Gasteiger partial charge in [-0.2, -0.15) is 0 Å². The summed E-state index contributed by atoms with van der Waals surface area (Å²) >= 11 is 0. The molecular formula is C33H52O5. The minimum absolute atomic E-state index is 0.00320. The van der Waals surface area contributed by atoms with Gasteiger partial charge in [0.05, 0.1) is 0 Å². The molecule has 38 heavy (non-hydrogen) atoms. The maximum Gasteiger partial charge on any atom is 0.339 e. The second-order valence-electron chi connectivity index (χ2n) is 15.3. The lowest BCUT2D eigenvalue weighted by atomic mass is 9.35. The molecule has 5 nitrogen and oxygen atoms in total. The Hall–Kier alpha value is -1.36. The average Bonchev–Trinajstić information content (AvgIpc) is 3.32. The Bertz CT molecular complexity index is 1010. The standard InChI is InChI=1S/C33H52O5/c1-9-27(34)38-26-14-15-30(6)24(29(26,4)5)13-17-32(8)25(30)11-10-22-23(12-16-31(22,32)7)33(36)19-21(18-20(2)3)37-28(33)35/h18,21-26,36H,9-17,19H2,1-8H3/t21-,22+,23-,24-,25+,26-,30-,31+,32+,33?/m0/s1. The van der Waals surface area contributed by atoms with Gasteiger partial charge in [-0.15, -0.1) is 0 Å². The number of hydrogen-bond acceptors (Lipinski definition) is 5. The third-order valence-electron chi connectivity index (χ3n) is 13.2. The molecule has 1 aliphatic heterocycles. The first kappa shape index (κ1) is 28.2. The van der Waals surface area contributed by atoms with Gasteiger partial charge >= 0.3 is 11.9 Å². The predicted octanol–water partition coefficient (Wildman–Crippen LogP) is 7.01. The van der Waals surface area contributed by atoms with Crippen molar-refractivity contribution in [2.24, 2.45) is 45.3 Å². The summed E-state index contributed by atoms with van der Waals surface area (Å²) in [7, 11) is 0. The molecule has 4 aliphatic carbocycles. The minimum atomic E-state index is -1.37. The highest BCUT2D eigenvalue weighted by Crippen LogP contribution is 2.76. The number of carbonyl (C=O) groups is 2. The monoisotopic (exact) mass is 528 g/mol. The summed E-state index contributed by atoms with van der Waals surface area (Å²) in [5.41, 5.74) is 0.162. The molecule has 5 aliphatic rings. The van der Waals surface area contributed by atoms with Gasteiger partial charge in [0.25, 0.3) is 0 Å². The highest BCUT2D eigenvalue weighted by Gasteiger charge is 2.71. The van der Waals surface area contributed by atoms with Crippen LogP contribution in [0.25, 0.3) is 0 Å². The molecule has 1 heterocycles. The second kappa shape index (κ2) is 9.08. The minimum Gasteiger partial charge on any atom is -0.462 e. The van der Waals surface area contributed by atoms with E-state index in [1.807, 2.05) is 26.8 Å². The summed E-state index contributed by atoms with van der Waals surface area (Å²) < 4.78 is 11.7. The van der Waals surface area contributed by atoms with Gasteiger partial charge in [0, 0.05) is 24.2 Å². The molecule has 214 valence electrons. The lowest BCUT2D eigenvalue weighted by molar-refractivity contribution is -0.230. The summed E-state index contributed by atoms with van der Waals surface area (Å²) in [6.07, 6.45) is 11.0. The number of esters is 2. The van der Waals surface area contributed by atoms with Gasteiger partial charge in [-0.25, -0.2) is 4.79 Å². The molecule has 0 spiro atoms. The van der Waals surface area contributed by atoms with E-state index >= 15 is 0 Å². The first-order valence-electron chi connectivity index (χ1n) is 15.4. The van der Waals surface area contributed by atoms with Crippen molar-refractivity contribution in [1.82, 2.24) is 0 Å². The number of hydrogen-bond donors (Lipinski definition) is 1. The van der Waals surface area contributed by atoms with Crippen LogP contribution in [0.15, 0.2) is 11.6 Å². The molecule has 0 radical (unpaired) electrons. The summed E-state index contributed by atoms with van der Waals surface area (Å²) in [5, 5.41) is 11.9. The first-order valence-corrected chi connectivity index (χ1v) is 15.4. The number of carbonyl (C=O) groups excluding carboxylic acids is 2. The Kier molecular flexibility index (Phi) is 6.73. The van der Waals surface area contributed by atoms with E-state index in [4.69, 9.17) is 9.47 Å². The molecule has 0 aromatic heterocycles. The van der Waals surface area contributed by atoms with Crippen LogP contribution < -0.4 is 0 Å². The highest BCUT2D eigenvalue weighted by atomic mass is 16.6. The van der Waals surface area contributed by atoms with E-state index in [2.05, 4.69) is 34.6 Å². The van der Waals surface area contributed by atoms with Gasteiger partial charge in [0.15, 0.2) is 5.60 Å². The van der Waals surface area contributed by atoms with E-state index in [1.54, 1.807) is 0 Å². The molecule has 5 heteroatoms. The zero-order chi connectivity index (χ0) is 27.9. The lowest BCUT2D eigenvalue weighted by Crippen LogP contribution is -2.64. The van der Waals surface area contributed by atoms with Crippen molar-refractivity contribution in [1.29, 1.82) is 0 Å². The van der Waals surface area contributed by atoms with Gasteiger partial charge in [0.1, 0.15) is 12.2 Å². The molecule has 0 aromatic carbocycles. The molecular weight excluding hydrogens is 476 g/mol. The third kappa shape index (κ3) is 3.79. The molecule has 1 unspecified atom stereocenters. The molecule has 1 N–H and O–H groups in total. The van der Waals surface area contributed by atoms with E-state index in [0.29, 0.717) is 30.6 Å². The van der Waals surface area contributed by atoms with Gasteiger partial charge in [0.2, 0.25) is 0 Å². The Morgan fingerprint density at radius 1 is 0.947 bits per heavy atom. The number of aliphatic hydroxyl groups is 1. The normalized spacial score (nSPS) is 49.3. The molecule has 0 amide bonds. The summed E-state index contributed by atoms with van der Waals surface area (Å²) in [4.78, 5) is 25.4. The summed E-state index contributed by atoms with van der Waals surface area (Å²) in [5.74, 6) is 0.944. The number of ether oxygens (including phenoxy) is 2. The SMILES string of the molecule is CCC(=O)O[C@H]1CC[C@]2(C)[C@H]3CC[C@@H]4[C@@H](C5(O)C[C@H](C=C(C)C)OC5=O)CC[C@@]4(C)[C@]3(C)CC[C@H]2C1(C)C. The van der Waals surface area contributed by atoms with Crippen LogP contribution in [-0.2, 0) is 19.1 Å². The predicted molar refractivity (Wildman–Crippen MR) is 148 cm³/mol.